The summed E-state index contributed by atoms with van der Waals surface area (Å²) >= 11 is 0. The Morgan fingerprint density at radius 3 is 1.61 bits per heavy atom. The average molecular weight is 540 g/mol. The highest BCUT2D eigenvalue weighted by Crippen LogP contribution is 2.47. The molecule has 0 radical (unpaired) electrons. The van der Waals surface area contributed by atoms with Crippen LogP contribution in [0.4, 0.5) is 4.79 Å². The Hall–Kier alpha value is -2.01. The molecular formula is C27H49NO6Si2. The number of rotatable bonds is 9. The average Bonchev–Trinajstić information content (AvgIpc) is 2.63. The highest BCUT2D eigenvalue weighted by atomic mass is 28.4. The summed E-state index contributed by atoms with van der Waals surface area (Å²) in [7, 11) is -2.82. The molecular weight excluding hydrogens is 490 g/mol. The second kappa shape index (κ2) is 11.2. The number of benzene rings is 1. The highest BCUT2D eigenvalue weighted by molar-refractivity contribution is 6.75. The van der Waals surface area contributed by atoms with Crippen LogP contribution in [0.2, 0.25) is 36.3 Å². The van der Waals surface area contributed by atoms with Crippen molar-refractivity contribution in [1.82, 2.24) is 5.32 Å². The summed E-state index contributed by atoms with van der Waals surface area (Å²) in [4.78, 5) is 24.2. The lowest BCUT2D eigenvalue weighted by atomic mass is 10.1. The van der Waals surface area contributed by atoms with Crippen LogP contribution < -0.4 is 18.9 Å². The molecule has 1 aromatic carbocycles. The standard InChI is InChI=1S/C27H49NO6Si2/c1-25(2,3)32-24(30)28-20(18-29)15-19-16-21(33-35(11,12)26(4,5)6)23(31-10)22(17-19)34-36(13,14)27(7,8)9/h16-18,20H,15H2,1-14H3,(H,28,30)/t20-/m0/s1. The third kappa shape index (κ3) is 8.83. The Kier molecular flexibility index (Phi) is 9.93. The first kappa shape index (κ1) is 32.0. The highest BCUT2D eigenvalue weighted by Gasteiger charge is 2.42. The van der Waals surface area contributed by atoms with E-state index < -0.39 is 34.4 Å². The van der Waals surface area contributed by atoms with Crippen molar-refractivity contribution in [1.29, 1.82) is 0 Å². The van der Waals surface area contributed by atoms with Crippen LogP contribution in [-0.4, -0.2) is 47.8 Å². The number of carbonyl (C=O) groups is 2. The van der Waals surface area contributed by atoms with Gasteiger partial charge in [-0.25, -0.2) is 4.79 Å². The van der Waals surface area contributed by atoms with E-state index >= 15 is 0 Å². The van der Waals surface area contributed by atoms with Crippen LogP contribution in [0.3, 0.4) is 0 Å². The maximum atomic E-state index is 12.3. The zero-order valence-corrected chi connectivity index (χ0v) is 27.0. The maximum Gasteiger partial charge on any atom is 0.408 e. The number of nitrogens with one attached hydrogen (secondary N) is 1. The maximum absolute atomic E-state index is 12.3. The van der Waals surface area contributed by atoms with Crippen LogP contribution in [0.25, 0.3) is 0 Å². The van der Waals surface area contributed by atoms with Gasteiger partial charge in [0.15, 0.2) is 11.5 Å². The molecule has 206 valence electrons. The van der Waals surface area contributed by atoms with Crippen LogP contribution in [0.5, 0.6) is 17.2 Å². The number of alkyl carbamates (subject to hydrolysis) is 1. The van der Waals surface area contributed by atoms with Gasteiger partial charge in [-0.3, -0.25) is 0 Å². The van der Waals surface area contributed by atoms with Gasteiger partial charge in [-0.05, 0) is 81.2 Å². The lowest BCUT2D eigenvalue weighted by Gasteiger charge is -2.39. The smallest absolute Gasteiger partial charge is 0.408 e. The molecule has 0 spiro atoms. The molecule has 0 aliphatic carbocycles. The molecule has 1 aromatic rings. The predicted octanol–water partition coefficient (Wildman–Crippen LogP) is 7.10. The zero-order valence-electron chi connectivity index (χ0n) is 25.0. The number of methoxy groups -OCH3 is 1. The van der Waals surface area contributed by atoms with E-state index in [9.17, 15) is 9.59 Å². The first-order chi connectivity index (χ1) is 16.0. The van der Waals surface area contributed by atoms with Crippen molar-refractivity contribution < 1.29 is 27.9 Å². The number of amides is 1. The lowest BCUT2D eigenvalue weighted by Crippen LogP contribution is -2.45. The van der Waals surface area contributed by atoms with Gasteiger partial charge in [0.1, 0.15) is 11.9 Å². The van der Waals surface area contributed by atoms with Gasteiger partial charge in [0, 0.05) is 0 Å². The second-order valence-corrected chi connectivity index (χ2v) is 22.9. The Balaban J connectivity index is 3.54. The van der Waals surface area contributed by atoms with Crippen LogP contribution in [0.1, 0.15) is 67.9 Å². The molecule has 1 atom stereocenters. The quantitative estimate of drug-likeness (QED) is 0.266. The largest absolute Gasteiger partial charge is 0.541 e. The molecule has 0 aromatic heterocycles. The summed E-state index contributed by atoms with van der Waals surface area (Å²) in [6, 6.07) is 3.02. The molecule has 0 unspecified atom stereocenters. The molecule has 0 saturated carbocycles. The lowest BCUT2D eigenvalue weighted by molar-refractivity contribution is -0.109. The Morgan fingerprint density at radius 2 is 1.31 bits per heavy atom. The number of hydrogen-bond donors (Lipinski definition) is 1. The van der Waals surface area contributed by atoms with Crippen molar-refractivity contribution >= 4 is 29.0 Å². The Morgan fingerprint density at radius 1 is 0.889 bits per heavy atom. The molecule has 0 heterocycles. The van der Waals surface area contributed by atoms with Crippen molar-refractivity contribution in [2.75, 3.05) is 7.11 Å². The third-order valence-electron chi connectivity index (χ3n) is 6.95. The van der Waals surface area contributed by atoms with Crippen molar-refractivity contribution in [3.8, 4) is 17.2 Å². The van der Waals surface area contributed by atoms with E-state index in [-0.39, 0.29) is 16.5 Å². The molecule has 1 N–H and O–H groups in total. The topological polar surface area (TPSA) is 83.1 Å². The van der Waals surface area contributed by atoms with Gasteiger partial charge < -0.3 is 28.4 Å². The minimum atomic E-state index is -2.22. The summed E-state index contributed by atoms with van der Waals surface area (Å²) in [5.74, 6) is 1.74. The molecule has 1 rings (SSSR count). The Bertz CT molecular complexity index is 875. The van der Waals surface area contributed by atoms with Gasteiger partial charge in [0.05, 0.1) is 13.2 Å². The van der Waals surface area contributed by atoms with Crippen molar-refractivity contribution in [2.24, 2.45) is 0 Å². The minimum Gasteiger partial charge on any atom is -0.541 e. The summed E-state index contributed by atoms with van der Waals surface area (Å²) in [6.45, 7) is 27.1. The summed E-state index contributed by atoms with van der Waals surface area (Å²) in [5, 5.41) is 2.60. The van der Waals surface area contributed by atoms with Crippen LogP contribution in [0, 0.1) is 0 Å². The monoisotopic (exact) mass is 539 g/mol. The zero-order chi connectivity index (χ0) is 28.3. The summed E-state index contributed by atoms with van der Waals surface area (Å²) in [5.41, 5.74) is 0.137. The number of carbonyl (C=O) groups excluding carboxylic acids is 2. The fraction of sp³-hybridized carbons (Fsp3) is 0.704. The molecule has 0 aliphatic rings. The first-order valence-electron chi connectivity index (χ1n) is 12.6. The second-order valence-electron chi connectivity index (χ2n) is 13.4. The first-order valence-corrected chi connectivity index (χ1v) is 18.4. The number of hydrogen-bond acceptors (Lipinski definition) is 6. The van der Waals surface area contributed by atoms with Crippen molar-refractivity contribution in [3.05, 3.63) is 17.7 Å². The van der Waals surface area contributed by atoms with Gasteiger partial charge in [-0.15, -0.1) is 0 Å². The van der Waals surface area contributed by atoms with Crippen LogP contribution >= 0.6 is 0 Å². The molecule has 1 amide bonds. The Labute approximate surface area is 220 Å². The fourth-order valence-corrected chi connectivity index (χ4v) is 4.82. The van der Waals surface area contributed by atoms with Crippen molar-refractivity contribution in [2.45, 2.75) is 117 Å². The van der Waals surface area contributed by atoms with E-state index in [1.165, 1.54) is 0 Å². The normalized spacial score (nSPS) is 14.1. The van der Waals surface area contributed by atoms with Gasteiger partial charge in [0.25, 0.3) is 16.6 Å². The van der Waals surface area contributed by atoms with Crippen molar-refractivity contribution in [3.63, 3.8) is 0 Å². The van der Waals surface area contributed by atoms with E-state index in [1.54, 1.807) is 27.9 Å². The van der Waals surface area contributed by atoms with E-state index in [0.29, 0.717) is 17.2 Å². The van der Waals surface area contributed by atoms with E-state index in [4.69, 9.17) is 18.3 Å². The van der Waals surface area contributed by atoms with Gasteiger partial charge in [-0.2, -0.15) is 0 Å². The molecule has 0 aliphatic heterocycles. The summed E-state index contributed by atoms with van der Waals surface area (Å²) < 4.78 is 24.5. The van der Waals surface area contributed by atoms with Crippen LogP contribution in [0.15, 0.2) is 12.1 Å². The minimum absolute atomic E-state index is 0.0297. The molecule has 9 heteroatoms. The number of ether oxygens (including phenoxy) is 2. The third-order valence-corrected chi connectivity index (χ3v) is 15.6. The van der Waals surface area contributed by atoms with E-state index in [2.05, 4.69) is 73.0 Å². The predicted molar refractivity (Wildman–Crippen MR) is 152 cm³/mol. The molecule has 0 fully saturated rings. The van der Waals surface area contributed by atoms with E-state index in [1.807, 2.05) is 12.1 Å². The van der Waals surface area contributed by atoms with Gasteiger partial charge in [-0.1, -0.05) is 41.5 Å². The van der Waals surface area contributed by atoms with Crippen LogP contribution in [-0.2, 0) is 16.0 Å². The van der Waals surface area contributed by atoms with Gasteiger partial charge >= 0.3 is 6.09 Å². The molecule has 36 heavy (non-hydrogen) atoms. The summed E-state index contributed by atoms with van der Waals surface area (Å²) in [6.07, 6.45) is 0.342. The number of aldehydes is 1. The molecule has 0 saturated heterocycles. The molecule has 7 nitrogen and oxygen atoms in total. The van der Waals surface area contributed by atoms with Gasteiger partial charge in [0.2, 0.25) is 5.75 Å². The van der Waals surface area contributed by atoms with E-state index in [0.717, 1.165) is 11.8 Å². The molecule has 0 bridgehead atoms. The SMILES string of the molecule is COc1c(O[Si](C)(C)C(C)(C)C)cc(C[C@@H](C=O)NC(=O)OC(C)(C)C)cc1O[Si](C)(C)C(C)(C)C. The fourth-order valence-electron chi connectivity index (χ4n) is 2.80.